The second kappa shape index (κ2) is 3.62. The number of nitrogens with zero attached hydrogens (tertiary/aromatic N) is 1. The van der Waals surface area contributed by atoms with Crippen LogP contribution in [0.5, 0.6) is 0 Å². The highest BCUT2D eigenvalue weighted by Crippen LogP contribution is 2.13. The van der Waals surface area contributed by atoms with Crippen molar-refractivity contribution in [3.05, 3.63) is 41.7 Å². The fourth-order valence-corrected chi connectivity index (χ4v) is 1.43. The van der Waals surface area contributed by atoms with Crippen LogP contribution in [0.3, 0.4) is 0 Å². The summed E-state index contributed by atoms with van der Waals surface area (Å²) in [7, 11) is 0. The van der Waals surface area contributed by atoms with Crippen molar-refractivity contribution >= 4 is 24.2 Å². The average Bonchev–Trinajstić information content (AvgIpc) is 2.40. The summed E-state index contributed by atoms with van der Waals surface area (Å²) in [4.78, 5) is 10.7. The molecule has 0 bridgehead atoms. The third-order valence-corrected chi connectivity index (χ3v) is 2.03. The molecule has 0 unspecified atom stereocenters. The third kappa shape index (κ3) is 1.45. The van der Waals surface area contributed by atoms with Gasteiger partial charge in [-0.25, -0.2) is 0 Å². The topological polar surface area (TPSA) is 21.5 Å². The number of hydrogen-bond acceptors (Lipinski definition) is 1. The van der Waals surface area contributed by atoms with Crippen LogP contribution in [-0.2, 0) is 0 Å². The number of aldehydes is 1. The van der Waals surface area contributed by atoms with Crippen molar-refractivity contribution in [3.8, 4) is 0 Å². The van der Waals surface area contributed by atoms with Crippen molar-refractivity contribution in [2.45, 2.75) is 6.92 Å². The number of hydrogen-bond donors (Lipinski definition) is 0. The summed E-state index contributed by atoms with van der Waals surface area (Å²) < 4.78 is 1.89. The Kier molecular flexibility index (Phi) is 2.73. The first kappa shape index (κ1) is 9.81. The standard InChI is InChI=1S/C10H9NO.ClH/c1-8-6-9-4-2-3-5-11(9)10(8)7-12;/h2-7H,1H3;1H. The maximum atomic E-state index is 10.7. The largest absolute Gasteiger partial charge is 0.314 e. The zero-order valence-electron chi connectivity index (χ0n) is 7.23. The van der Waals surface area contributed by atoms with Gasteiger partial charge in [0.05, 0.1) is 5.69 Å². The Balaban J connectivity index is 0.000000845. The lowest BCUT2D eigenvalue weighted by atomic mass is 10.3. The lowest BCUT2D eigenvalue weighted by Crippen LogP contribution is -1.90. The molecule has 0 N–H and O–H groups in total. The number of carbonyl (C=O) groups is 1. The van der Waals surface area contributed by atoms with Crippen molar-refractivity contribution < 1.29 is 4.79 Å². The Morgan fingerprint density at radius 1 is 1.38 bits per heavy atom. The Labute approximate surface area is 82.6 Å². The molecule has 0 fully saturated rings. The van der Waals surface area contributed by atoms with Gasteiger partial charge in [-0.2, -0.15) is 0 Å². The maximum absolute atomic E-state index is 10.7. The van der Waals surface area contributed by atoms with Crippen LogP contribution in [0.4, 0.5) is 0 Å². The Morgan fingerprint density at radius 2 is 2.15 bits per heavy atom. The monoisotopic (exact) mass is 195 g/mol. The first-order valence-electron chi connectivity index (χ1n) is 3.85. The molecule has 0 aliphatic carbocycles. The van der Waals surface area contributed by atoms with Gasteiger partial charge in [0.2, 0.25) is 0 Å². The number of fused-ring (bicyclic) bond motifs is 1. The highest BCUT2D eigenvalue weighted by atomic mass is 35.5. The Bertz CT molecular complexity index is 433. The predicted molar refractivity (Wildman–Crippen MR) is 54.8 cm³/mol. The van der Waals surface area contributed by atoms with Crippen molar-refractivity contribution in [2.24, 2.45) is 0 Å². The highest BCUT2D eigenvalue weighted by molar-refractivity contribution is 5.85. The Hall–Kier alpha value is -1.28. The van der Waals surface area contributed by atoms with Gasteiger partial charge >= 0.3 is 0 Å². The fraction of sp³-hybridized carbons (Fsp3) is 0.100. The minimum Gasteiger partial charge on any atom is -0.314 e. The molecule has 0 saturated heterocycles. The number of rotatable bonds is 1. The van der Waals surface area contributed by atoms with E-state index >= 15 is 0 Å². The van der Waals surface area contributed by atoms with Crippen LogP contribution < -0.4 is 0 Å². The number of aromatic nitrogens is 1. The summed E-state index contributed by atoms with van der Waals surface area (Å²) in [5.41, 5.74) is 2.83. The molecule has 0 aliphatic rings. The van der Waals surface area contributed by atoms with E-state index in [1.165, 1.54) is 0 Å². The van der Waals surface area contributed by atoms with Gasteiger partial charge in [-0.1, -0.05) is 6.07 Å². The van der Waals surface area contributed by atoms with Crippen LogP contribution in [0, 0.1) is 6.92 Å². The van der Waals surface area contributed by atoms with E-state index in [4.69, 9.17) is 0 Å². The normalized spacial score (nSPS) is 9.62. The highest BCUT2D eigenvalue weighted by Gasteiger charge is 2.03. The van der Waals surface area contributed by atoms with Crippen LogP contribution >= 0.6 is 12.4 Å². The van der Waals surface area contributed by atoms with E-state index in [0.717, 1.165) is 23.1 Å². The van der Waals surface area contributed by atoms with E-state index in [-0.39, 0.29) is 12.4 Å². The van der Waals surface area contributed by atoms with Gasteiger partial charge < -0.3 is 4.40 Å². The van der Waals surface area contributed by atoms with Crippen molar-refractivity contribution in [1.29, 1.82) is 0 Å². The maximum Gasteiger partial charge on any atom is 0.167 e. The number of halogens is 1. The van der Waals surface area contributed by atoms with Gasteiger partial charge in [-0.05, 0) is 30.7 Å². The first-order chi connectivity index (χ1) is 5.83. The molecule has 2 aromatic heterocycles. The predicted octanol–water partition coefficient (Wildman–Crippen LogP) is 2.48. The molecule has 2 heterocycles. The molecular weight excluding hydrogens is 186 g/mol. The summed E-state index contributed by atoms with van der Waals surface area (Å²) in [6.07, 6.45) is 2.79. The van der Waals surface area contributed by atoms with Crippen LogP contribution in [0.15, 0.2) is 30.5 Å². The lowest BCUT2D eigenvalue weighted by Gasteiger charge is -1.94. The molecule has 13 heavy (non-hydrogen) atoms. The second-order valence-corrected chi connectivity index (χ2v) is 2.83. The molecule has 3 heteroatoms. The van der Waals surface area contributed by atoms with Crippen LogP contribution in [0.25, 0.3) is 5.52 Å². The average molecular weight is 196 g/mol. The van der Waals surface area contributed by atoms with E-state index in [9.17, 15) is 4.79 Å². The van der Waals surface area contributed by atoms with Gasteiger partial charge in [0, 0.05) is 11.7 Å². The smallest absolute Gasteiger partial charge is 0.167 e. The van der Waals surface area contributed by atoms with E-state index in [1.54, 1.807) is 0 Å². The zero-order valence-corrected chi connectivity index (χ0v) is 8.04. The minimum atomic E-state index is 0. The summed E-state index contributed by atoms with van der Waals surface area (Å²) >= 11 is 0. The van der Waals surface area contributed by atoms with E-state index in [2.05, 4.69) is 0 Å². The molecule has 2 rings (SSSR count). The summed E-state index contributed by atoms with van der Waals surface area (Å²) in [5, 5.41) is 0. The molecule has 0 radical (unpaired) electrons. The van der Waals surface area contributed by atoms with E-state index in [0.29, 0.717) is 0 Å². The molecule has 0 atom stereocenters. The molecule has 0 spiro atoms. The van der Waals surface area contributed by atoms with Crippen LogP contribution in [-0.4, -0.2) is 10.7 Å². The molecule has 0 aliphatic heterocycles. The number of aryl methyl sites for hydroxylation is 1. The zero-order chi connectivity index (χ0) is 8.55. The van der Waals surface area contributed by atoms with Gasteiger partial charge in [0.1, 0.15) is 0 Å². The lowest BCUT2D eigenvalue weighted by molar-refractivity contribution is 0.111. The first-order valence-corrected chi connectivity index (χ1v) is 3.85. The molecule has 2 aromatic rings. The summed E-state index contributed by atoms with van der Waals surface area (Å²) in [5.74, 6) is 0. The van der Waals surface area contributed by atoms with Crippen molar-refractivity contribution in [1.82, 2.24) is 4.40 Å². The van der Waals surface area contributed by atoms with Crippen LogP contribution in [0.1, 0.15) is 16.1 Å². The molecule has 0 aromatic carbocycles. The van der Waals surface area contributed by atoms with Gasteiger partial charge in [-0.15, -0.1) is 12.4 Å². The van der Waals surface area contributed by atoms with E-state index in [1.807, 2.05) is 41.8 Å². The summed E-state index contributed by atoms with van der Waals surface area (Å²) in [6, 6.07) is 7.87. The summed E-state index contributed by atoms with van der Waals surface area (Å²) in [6.45, 7) is 1.94. The van der Waals surface area contributed by atoms with Gasteiger partial charge in [0.25, 0.3) is 0 Å². The second-order valence-electron chi connectivity index (χ2n) is 2.83. The molecule has 0 saturated carbocycles. The van der Waals surface area contributed by atoms with E-state index < -0.39 is 0 Å². The SMILES string of the molecule is Cc1cc2ccccn2c1C=O.Cl. The van der Waals surface area contributed by atoms with Gasteiger partial charge in [0.15, 0.2) is 6.29 Å². The number of carbonyl (C=O) groups excluding carboxylic acids is 1. The molecular formula is C10H10ClNO. The fourth-order valence-electron chi connectivity index (χ4n) is 1.43. The minimum absolute atomic E-state index is 0. The third-order valence-electron chi connectivity index (χ3n) is 2.03. The number of pyridine rings is 1. The molecule has 2 nitrogen and oxygen atoms in total. The quantitative estimate of drug-likeness (QED) is 0.641. The van der Waals surface area contributed by atoms with Crippen molar-refractivity contribution in [2.75, 3.05) is 0 Å². The van der Waals surface area contributed by atoms with Crippen molar-refractivity contribution in [3.63, 3.8) is 0 Å². The van der Waals surface area contributed by atoms with Gasteiger partial charge in [-0.3, -0.25) is 4.79 Å². The molecule has 0 amide bonds. The van der Waals surface area contributed by atoms with Crippen LogP contribution in [0.2, 0.25) is 0 Å². The molecule has 68 valence electrons. The Morgan fingerprint density at radius 3 is 2.85 bits per heavy atom.